The summed E-state index contributed by atoms with van der Waals surface area (Å²) >= 11 is 4.90. The highest BCUT2D eigenvalue weighted by Gasteiger charge is 2.35. The van der Waals surface area contributed by atoms with Crippen molar-refractivity contribution in [3.63, 3.8) is 0 Å². The molecule has 1 heterocycles. The second-order valence-corrected chi connectivity index (χ2v) is 8.70. The van der Waals surface area contributed by atoms with E-state index in [-0.39, 0.29) is 5.91 Å². The first-order valence-electron chi connectivity index (χ1n) is 9.22. The van der Waals surface area contributed by atoms with E-state index in [0.29, 0.717) is 10.1 Å². The van der Waals surface area contributed by atoms with Crippen LogP contribution in [0.5, 0.6) is 0 Å². The molecule has 1 aliphatic heterocycles. The van der Waals surface area contributed by atoms with E-state index < -0.39 is 0 Å². The van der Waals surface area contributed by atoms with Gasteiger partial charge < -0.3 is 0 Å². The number of aliphatic imine (C=N–C) groups is 1. The van der Waals surface area contributed by atoms with Gasteiger partial charge in [0.05, 0.1) is 16.3 Å². The number of aryl methyl sites for hydroxylation is 2. The van der Waals surface area contributed by atoms with E-state index in [1.54, 1.807) is 4.90 Å². The average molecular weight is 463 g/mol. The molecule has 144 valence electrons. The third-order valence-corrected chi connectivity index (χ3v) is 6.10. The first-order valence-corrected chi connectivity index (χ1v) is 10.8. The van der Waals surface area contributed by atoms with Crippen LogP contribution in [0, 0.1) is 13.8 Å². The molecule has 0 unspecified atom stereocenters. The molecule has 0 atom stereocenters. The van der Waals surface area contributed by atoms with Gasteiger partial charge in [-0.05, 0) is 72.6 Å². The van der Waals surface area contributed by atoms with Crippen LogP contribution < -0.4 is 4.90 Å². The minimum Gasteiger partial charge on any atom is -0.268 e. The van der Waals surface area contributed by atoms with E-state index in [4.69, 9.17) is 4.99 Å². The molecular formula is C24H19BrN2OS. The number of hydrogen-bond donors (Lipinski definition) is 0. The summed E-state index contributed by atoms with van der Waals surface area (Å²) in [6, 6.07) is 23.8. The van der Waals surface area contributed by atoms with Crippen molar-refractivity contribution >= 4 is 56.2 Å². The highest BCUT2D eigenvalue weighted by Crippen LogP contribution is 2.38. The monoisotopic (exact) mass is 462 g/mol. The molecule has 3 aromatic carbocycles. The van der Waals surface area contributed by atoms with Crippen LogP contribution >= 0.6 is 27.7 Å². The fourth-order valence-corrected chi connectivity index (χ4v) is 4.52. The van der Waals surface area contributed by atoms with Gasteiger partial charge in [0.1, 0.15) is 0 Å². The Bertz CT molecular complexity index is 1150. The van der Waals surface area contributed by atoms with Crippen LogP contribution in [0.2, 0.25) is 0 Å². The number of amides is 1. The Labute approximate surface area is 183 Å². The molecule has 0 aromatic heterocycles. The molecule has 0 radical (unpaired) electrons. The molecular weight excluding hydrogens is 444 g/mol. The van der Waals surface area contributed by atoms with Crippen LogP contribution in [-0.2, 0) is 4.79 Å². The molecule has 1 amide bonds. The lowest BCUT2D eigenvalue weighted by Gasteiger charge is -2.18. The van der Waals surface area contributed by atoms with Crippen molar-refractivity contribution in [3.8, 4) is 0 Å². The van der Waals surface area contributed by atoms with Gasteiger partial charge in [-0.2, -0.15) is 0 Å². The smallest absolute Gasteiger partial charge is 0.268 e. The van der Waals surface area contributed by atoms with E-state index >= 15 is 0 Å². The predicted octanol–water partition coefficient (Wildman–Crippen LogP) is 6.87. The van der Waals surface area contributed by atoms with Crippen molar-refractivity contribution in [2.45, 2.75) is 13.8 Å². The first kappa shape index (κ1) is 19.7. The number of benzene rings is 3. The summed E-state index contributed by atoms with van der Waals surface area (Å²) < 4.78 is 0.979. The third-order valence-electron chi connectivity index (χ3n) is 4.64. The fourth-order valence-electron chi connectivity index (χ4n) is 3.12. The van der Waals surface area contributed by atoms with Gasteiger partial charge >= 0.3 is 0 Å². The molecule has 0 saturated carbocycles. The lowest BCUT2D eigenvalue weighted by Crippen LogP contribution is -2.29. The van der Waals surface area contributed by atoms with Crippen molar-refractivity contribution < 1.29 is 4.79 Å². The normalized spacial score (nSPS) is 16.8. The van der Waals surface area contributed by atoms with Crippen LogP contribution in [-0.4, -0.2) is 11.1 Å². The number of carbonyl (C=O) groups excluding carboxylic acids is 1. The second-order valence-electron chi connectivity index (χ2n) is 6.77. The van der Waals surface area contributed by atoms with Gasteiger partial charge in [0.25, 0.3) is 5.91 Å². The summed E-state index contributed by atoms with van der Waals surface area (Å²) in [4.78, 5) is 20.6. The van der Waals surface area contributed by atoms with Crippen LogP contribution in [0.25, 0.3) is 6.08 Å². The number of para-hydroxylation sites is 2. The maximum absolute atomic E-state index is 13.4. The van der Waals surface area contributed by atoms with Crippen molar-refractivity contribution in [2.75, 3.05) is 4.90 Å². The lowest BCUT2D eigenvalue weighted by atomic mass is 10.1. The van der Waals surface area contributed by atoms with Crippen molar-refractivity contribution in [1.82, 2.24) is 0 Å². The Hall–Kier alpha value is -2.63. The molecule has 0 aliphatic carbocycles. The Morgan fingerprint density at radius 2 is 1.66 bits per heavy atom. The van der Waals surface area contributed by atoms with Gasteiger partial charge in [0.15, 0.2) is 5.17 Å². The van der Waals surface area contributed by atoms with Gasteiger partial charge in [-0.15, -0.1) is 0 Å². The van der Waals surface area contributed by atoms with Crippen LogP contribution in [0.15, 0.2) is 87.2 Å². The number of hydrogen-bond acceptors (Lipinski definition) is 3. The summed E-state index contributed by atoms with van der Waals surface area (Å²) in [7, 11) is 0. The SMILES string of the molecule is Cc1ccccc1N=C1SC(=Cc2cccc(Br)c2)C(=O)N1c1ccccc1C. The van der Waals surface area contributed by atoms with E-state index in [1.165, 1.54) is 11.8 Å². The molecule has 0 bridgehead atoms. The Kier molecular flexibility index (Phi) is 5.69. The summed E-state index contributed by atoms with van der Waals surface area (Å²) in [5.74, 6) is -0.0587. The standard InChI is InChI=1S/C24H19BrN2OS/c1-16-8-3-5-12-20(16)26-24-27(21-13-6-4-9-17(21)2)23(28)22(29-24)15-18-10-7-11-19(25)14-18/h3-15H,1-2H3. The minimum absolute atomic E-state index is 0.0587. The summed E-state index contributed by atoms with van der Waals surface area (Å²) in [5.41, 5.74) is 4.79. The minimum atomic E-state index is -0.0587. The number of carbonyl (C=O) groups is 1. The maximum atomic E-state index is 13.4. The molecule has 1 saturated heterocycles. The van der Waals surface area contributed by atoms with Gasteiger partial charge in [-0.1, -0.05) is 64.5 Å². The number of halogens is 1. The topological polar surface area (TPSA) is 32.7 Å². The maximum Gasteiger partial charge on any atom is 0.271 e. The number of nitrogens with zero attached hydrogens (tertiary/aromatic N) is 2. The molecule has 4 rings (SSSR count). The fraction of sp³-hybridized carbons (Fsp3) is 0.0833. The predicted molar refractivity (Wildman–Crippen MR) is 127 cm³/mol. The zero-order valence-electron chi connectivity index (χ0n) is 16.1. The molecule has 1 aliphatic rings. The molecule has 3 nitrogen and oxygen atoms in total. The van der Waals surface area contributed by atoms with E-state index in [2.05, 4.69) is 15.9 Å². The molecule has 5 heteroatoms. The number of thioether (sulfide) groups is 1. The van der Waals surface area contributed by atoms with Crippen LogP contribution in [0.4, 0.5) is 11.4 Å². The molecule has 3 aromatic rings. The van der Waals surface area contributed by atoms with Gasteiger partial charge in [0.2, 0.25) is 0 Å². The molecule has 0 N–H and O–H groups in total. The summed E-state index contributed by atoms with van der Waals surface area (Å²) in [5, 5.41) is 0.667. The Balaban J connectivity index is 1.82. The second kappa shape index (κ2) is 8.39. The van der Waals surface area contributed by atoms with Crippen molar-refractivity contribution in [2.24, 2.45) is 4.99 Å². The highest BCUT2D eigenvalue weighted by atomic mass is 79.9. The molecule has 1 fully saturated rings. The largest absolute Gasteiger partial charge is 0.271 e. The number of amidine groups is 1. The lowest BCUT2D eigenvalue weighted by molar-refractivity contribution is -0.113. The first-order chi connectivity index (χ1) is 14.0. The Morgan fingerprint density at radius 1 is 0.931 bits per heavy atom. The Morgan fingerprint density at radius 3 is 2.38 bits per heavy atom. The van der Waals surface area contributed by atoms with Gasteiger partial charge in [-0.25, -0.2) is 4.99 Å². The van der Waals surface area contributed by atoms with E-state index in [1.807, 2.05) is 92.7 Å². The zero-order valence-corrected chi connectivity index (χ0v) is 18.5. The van der Waals surface area contributed by atoms with E-state index in [9.17, 15) is 4.79 Å². The van der Waals surface area contributed by atoms with Crippen molar-refractivity contribution in [1.29, 1.82) is 0 Å². The molecule has 0 spiro atoms. The van der Waals surface area contributed by atoms with Gasteiger partial charge in [0, 0.05) is 4.47 Å². The number of anilines is 1. The average Bonchev–Trinajstić information content (AvgIpc) is 2.99. The van der Waals surface area contributed by atoms with Crippen LogP contribution in [0.3, 0.4) is 0 Å². The number of rotatable bonds is 3. The quantitative estimate of drug-likeness (QED) is 0.397. The van der Waals surface area contributed by atoms with E-state index in [0.717, 1.165) is 32.5 Å². The van der Waals surface area contributed by atoms with Crippen molar-refractivity contribution in [3.05, 3.63) is 98.9 Å². The van der Waals surface area contributed by atoms with Crippen LogP contribution in [0.1, 0.15) is 16.7 Å². The zero-order chi connectivity index (χ0) is 20.4. The molecule has 29 heavy (non-hydrogen) atoms. The van der Waals surface area contributed by atoms with Gasteiger partial charge in [-0.3, -0.25) is 9.69 Å². The summed E-state index contributed by atoms with van der Waals surface area (Å²) in [6.07, 6.45) is 1.92. The summed E-state index contributed by atoms with van der Waals surface area (Å²) in [6.45, 7) is 4.03. The third kappa shape index (κ3) is 4.21. The highest BCUT2D eigenvalue weighted by molar-refractivity contribution is 9.10.